The quantitative estimate of drug-likeness (QED) is 0.0243. The number of unbranched alkanes of at least 4 members (excludes halogenated alkanes) is 50. The van der Waals surface area contributed by atoms with Crippen LogP contribution in [-0.4, -0.2) is 73.4 Å². The maximum absolute atomic E-state index is 13.1. The summed E-state index contributed by atoms with van der Waals surface area (Å²) in [6.07, 6.45) is 90.0. The van der Waals surface area contributed by atoms with Gasteiger partial charge >= 0.3 is 7.82 Å². The average molecular weight is 1200 g/mol. The highest BCUT2D eigenvalue weighted by atomic mass is 31.2. The van der Waals surface area contributed by atoms with Gasteiger partial charge in [-0.05, 0) is 64.2 Å². The van der Waals surface area contributed by atoms with Gasteiger partial charge in [0, 0.05) is 6.42 Å². The summed E-state index contributed by atoms with van der Waals surface area (Å²) in [7, 11) is 1.57. The van der Waals surface area contributed by atoms with Gasteiger partial charge in [0.25, 0.3) is 0 Å². The van der Waals surface area contributed by atoms with Crippen molar-refractivity contribution in [1.29, 1.82) is 0 Å². The Morgan fingerprint density at radius 1 is 0.405 bits per heavy atom. The predicted octanol–water partition coefficient (Wildman–Crippen LogP) is 23.8. The van der Waals surface area contributed by atoms with Crippen LogP contribution in [0.3, 0.4) is 0 Å². The molecule has 0 aromatic heterocycles. The number of nitrogens with one attached hydrogen (secondary N) is 1. The highest BCUT2D eigenvalue weighted by Crippen LogP contribution is 2.43. The van der Waals surface area contributed by atoms with Crippen LogP contribution in [0.25, 0.3) is 0 Å². The molecule has 8 nitrogen and oxygen atoms in total. The number of likely N-dealkylation sites (N-methyl/N-ethyl adjacent to an activating group) is 1. The summed E-state index contributed by atoms with van der Waals surface area (Å²) in [6, 6.07) is -0.864. The summed E-state index contributed by atoms with van der Waals surface area (Å²) in [5.74, 6) is -0.179. The van der Waals surface area contributed by atoms with Crippen molar-refractivity contribution in [2.24, 2.45) is 0 Å². The third kappa shape index (κ3) is 68.0. The molecule has 0 aromatic carbocycles. The Balaban J connectivity index is 3.96. The fraction of sp³-hybridized carbons (Fsp3) is 0.880. The number of allylic oxidation sites excluding steroid dienone is 7. The number of carbonyl (C=O) groups excluding carboxylic acids is 1. The predicted molar refractivity (Wildman–Crippen MR) is 369 cm³/mol. The summed E-state index contributed by atoms with van der Waals surface area (Å²) in [5, 5.41) is 14.0. The van der Waals surface area contributed by atoms with E-state index in [0.717, 1.165) is 44.9 Å². The lowest BCUT2D eigenvalue weighted by atomic mass is 10.0. The number of hydrogen-bond donors (Lipinski definition) is 3. The first-order valence-electron chi connectivity index (χ1n) is 37.0. The van der Waals surface area contributed by atoms with Crippen LogP contribution in [0.1, 0.15) is 373 Å². The standard InChI is InChI=1S/C75H145N2O6P/c1-6-8-10-12-14-16-18-20-22-24-26-28-30-31-32-33-34-35-36-37-38-39-40-41-42-43-44-45-47-49-51-53-55-57-59-61-63-65-67-69-75(79)76-73(72-83-84(80,81)82-71-70-77(3,4)5)74(78)68-66-64-62-60-58-56-54-52-50-48-46-29-27-25-23-21-19-17-15-13-11-9-7-2/h18,20,24,26,58,60,66,68,73-74,78H,6-17,19,21-23,25,27-57,59,61-65,67,69-72H2,1-5H3,(H-,76,79,80,81)/p+1/b20-18-,26-24-,60-58+,68-66+. The van der Waals surface area contributed by atoms with E-state index >= 15 is 0 Å². The number of aliphatic hydroxyl groups is 1. The van der Waals surface area contributed by atoms with E-state index in [4.69, 9.17) is 9.05 Å². The van der Waals surface area contributed by atoms with Gasteiger partial charge in [-0.3, -0.25) is 13.8 Å². The minimum atomic E-state index is -4.36. The number of amides is 1. The molecule has 84 heavy (non-hydrogen) atoms. The number of nitrogens with zero attached hydrogens (tertiary/aromatic N) is 1. The third-order valence-electron chi connectivity index (χ3n) is 17.0. The molecule has 0 fully saturated rings. The molecule has 0 heterocycles. The molecule has 0 radical (unpaired) electrons. The van der Waals surface area contributed by atoms with E-state index in [1.165, 1.54) is 308 Å². The Hall–Kier alpha value is -1.54. The van der Waals surface area contributed by atoms with Gasteiger partial charge in [-0.25, -0.2) is 4.57 Å². The number of carbonyl (C=O) groups is 1. The largest absolute Gasteiger partial charge is 0.472 e. The Morgan fingerprint density at radius 2 is 0.690 bits per heavy atom. The van der Waals surface area contributed by atoms with Gasteiger partial charge < -0.3 is 19.8 Å². The van der Waals surface area contributed by atoms with E-state index in [2.05, 4.69) is 55.6 Å². The van der Waals surface area contributed by atoms with Crippen molar-refractivity contribution in [3.05, 3.63) is 48.6 Å². The lowest BCUT2D eigenvalue weighted by molar-refractivity contribution is -0.870. The van der Waals surface area contributed by atoms with Crippen LogP contribution in [0.15, 0.2) is 48.6 Å². The molecule has 0 aromatic rings. The molecular weight excluding hydrogens is 1060 g/mol. The van der Waals surface area contributed by atoms with Crippen molar-refractivity contribution in [1.82, 2.24) is 5.32 Å². The van der Waals surface area contributed by atoms with Crippen molar-refractivity contribution in [2.45, 2.75) is 386 Å². The van der Waals surface area contributed by atoms with Crippen molar-refractivity contribution in [3.8, 4) is 0 Å². The molecule has 0 saturated heterocycles. The van der Waals surface area contributed by atoms with E-state index in [0.29, 0.717) is 17.4 Å². The Morgan fingerprint density at radius 3 is 1.02 bits per heavy atom. The van der Waals surface area contributed by atoms with Gasteiger partial charge in [0.2, 0.25) is 5.91 Å². The number of hydrogen-bond acceptors (Lipinski definition) is 5. The van der Waals surface area contributed by atoms with E-state index in [1.54, 1.807) is 6.08 Å². The molecular formula is C75H146N2O6P+. The normalized spacial score (nSPS) is 13.8. The van der Waals surface area contributed by atoms with E-state index in [9.17, 15) is 19.4 Å². The Bertz CT molecular complexity index is 1510. The Labute approximate surface area is 524 Å². The average Bonchev–Trinajstić information content (AvgIpc) is 3.56. The monoisotopic (exact) mass is 1200 g/mol. The van der Waals surface area contributed by atoms with Gasteiger partial charge in [-0.15, -0.1) is 0 Å². The minimum Gasteiger partial charge on any atom is -0.387 e. The van der Waals surface area contributed by atoms with Gasteiger partial charge in [0.1, 0.15) is 13.2 Å². The second-order valence-corrected chi connectivity index (χ2v) is 28.1. The molecule has 3 atom stereocenters. The molecule has 1 amide bonds. The van der Waals surface area contributed by atoms with Crippen LogP contribution in [0.4, 0.5) is 0 Å². The summed E-state index contributed by atoms with van der Waals surface area (Å²) in [6.45, 7) is 4.84. The maximum atomic E-state index is 13.1. The van der Waals surface area contributed by atoms with E-state index in [-0.39, 0.29) is 19.1 Å². The first-order chi connectivity index (χ1) is 41.0. The zero-order valence-corrected chi connectivity index (χ0v) is 57.8. The molecule has 0 spiro atoms. The fourth-order valence-electron chi connectivity index (χ4n) is 11.3. The smallest absolute Gasteiger partial charge is 0.387 e. The van der Waals surface area contributed by atoms with Crippen molar-refractivity contribution < 1.29 is 32.9 Å². The minimum absolute atomic E-state index is 0.0578. The van der Waals surface area contributed by atoms with Gasteiger partial charge in [0.15, 0.2) is 0 Å². The molecule has 3 N–H and O–H groups in total. The van der Waals surface area contributed by atoms with Gasteiger partial charge in [-0.2, -0.15) is 0 Å². The van der Waals surface area contributed by atoms with Crippen LogP contribution in [-0.2, 0) is 18.4 Å². The summed E-state index contributed by atoms with van der Waals surface area (Å²) in [4.78, 5) is 23.4. The first kappa shape index (κ1) is 82.5. The van der Waals surface area contributed by atoms with Crippen LogP contribution < -0.4 is 5.32 Å². The van der Waals surface area contributed by atoms with E-state index in [1.807, 2.05) is 27.2 Å². The summed E-state index contributed by atoms with van der Waals surface area (Å²) < 4.78 is 23.8. The molecule has 0 rings (SSSR count). The number of quaternary nitrogens is 1. The first-order valence-corrected chi connectivity index (χ1v) is 38.5. The number of rotatable bonds is 69. The second kappa shape index (κ2) is 65.9. The van der Waals surface area contributed by atoms with Gasteiger partial charge in [-0.1, -0.05) is 351 Å². The molecule has 0 aliphatic rings. The lowest BCUT2D eigenvalue weighted by Gasteiger charge is -2.25. The fourth-order valence-corrected chi connectivity index (χ4v) is 12.0. The molecule has 0 aliphatic heterocycles. The molecule has 0 bridgehead atoms. The Kier molecular flexibility index (Phi) is 64.7. The molecule has 3 unspecified atom stereocenters. The number of phosphoric acid groups is 1. The van der Waals surface area contributed by atoms with Gasteiger partial charge in [0.05, 0.1) is 39.9 Å². The van der Waals surface area contributed by atoms with Crippen LogP contribution in [0.2, 0.25) is 0 Å². The van der Waals surface area contributed by atoms with Crippen LogP contribution >= 0.6 is 7.82 Å². The topological polar surface area (TPSA) is 105 Å². The van der Waals surface area contributed by atoms with E-state index < -0.39 is 20.0 Å². The second-order valence-electron chi connectivity index (χ2n) is 26.7. The van der Waals surface area contributed by atoms with Crippen molar-refractivity contribution in [2.75, 3.05) is 40.9 Å². The zero-order valence-electron chi connectivity index (χ0n) is 56.9. The zero-order chi connectivity index (χ0) is 61.2. The molecule has 9 heteroatoms. The third-order valence-corrected chi connectivity index (χ3v) is 18.0. The lowest BCUT2D eigenvalue weighted by Crippen LogP contribution is -2.45. The van der Waals surface area contributed by atoms with Crippen LogP contribution in [0, 0.1) is 0 Å². The van der Waals surface area contributed by atoms with Crippen molar-refractivity contribution >= 4 is 13.7 Å². The summed E-state index contributed by atoms with van der Waals surface area (Å²) in [5.41, 5.74) is 0. The number of aliphatic hydroxyl groups excluding tert-OH is 1. The molecule has 0 saturated carbocycles. The highest BCUT2D eigenvalue weighted by Gasteiger charge is 2.28. The number of phosphoric ester groups is 1. The van der Waals surface area contributed by atoms with Crippen molar-refractivity contribution in [3.63, 3.8) is 0 Å². The molecule has 496 valence electrons. The highest BCUT2D eigenvalue weighted by molar-refractivity contribution is 7.47. The van der Waals surface area contributed by atoms with Crippen LogP contribution in [0.5, 0.6) is 0 Å². The summed E-state index contributed by atoms with van der Waals surface area (Å²) >= 11 is 0. The molecule has 0 aliphatic carbocycles. The SMILES string of the molecule is CCCCCCC/C=C\C/C=C\CCCCCCCCCCCCCCCCCCCCCCCCCCCCCC(=O)NC(COP(=O)(O)OCC[N+](C)(C)C)C(O)/C=C/CC/C=C/CCCCCCCCCCCCCCCCCCC. The maximum Gasteiger partial charge on any atom is 0.472 e.